The summed E-state index contributed by atoms with van der Waals surface area (Å²) in [4.78, 5) is 4.25. The second-order valence-electron chi connectivity index (χ2n) is 4.16. The largest absolute Gasteiger partial charge is 0.392 e. The Morgan fingerprint density at radius 3 is 2.44 bits per heavy atom. The zero-order valence-corrected chi connectivity index (χ0v) is 12.0. The van der Waals surface area contributed by atoms with Gasteiger partial charge in [-0.1, -0.05) is 23.7 Å². The van der Waals surface area contributed by atoms with Gasteiger partial charge in [0.15, 0.2) is 0 Å². The Morgan fingerprint density at radius 1 is 1.11 bits per heavy atom. The molecule has 0 aliphatic carbocycles. The van der Waals surface area contributed by atoms with E-state index in [4.69, 9.17) is 11.6 Å². The lowest BCUT2D eigenvalue weighted by Crippen LogP contribution is -2.14. The fourth-order valence-electron chi connectivity index (χ4n) is 1.73. The Bertz CT molecular complexity index is 451. The molecule has 0 fully saturated rings. The molecule has 1 atom stereocenters. The highest BCUT2D eigenvalue weighted by Crippen LogP contribution is 2.13. The van der Waals surface area contributed by atoms with E-state index in [0.29, 0.717) is 17.9 Å². The number of benzene rings is 1. The lowest BCUT2D eigenvalue weighted by atomic mass is 10.0. The highest BCUT2D eigenvalue weighted by atomic mass is 79.9. The summed E-state index contributed by atoms with van der Waals surface area (Å²) in [7, 11) is 0. The van der Waals surface area contributed by atoms with Gasteiger partial charge in [-0.25, -0.2) is 0 Å². The minimum Gasteiger partial charge on any atom is -0.392 e. The quantitative estimate of drug-likeness (QED) is 0.930. The van der Waals surface area contributed by atoms with Crippen LogP contribution in [0.4, 0.5) is 0 Å². The number of rotatable bonds is 4. The van der Waals surface area contributed by atoms with E-state index < -0.39 is 6.10 Å². The second kappa shape index (κ2) is 6.32. The topological polar surface area (TPSA) is 33.1 Å². The molecular weight excluding hydrogens is 314 g/mol. The van der Waals surface area contributed by atoms with Gasteiger partial charge in [-0.3, -0.25) is 4.98 Å². The van der Waals surface area contributed by atoms with E-state index in [9.17, 15) is 5.11 Å². The van der Waals surface area contributed by atoms with Crippen molar-refractivity contribution in [1.29, 1.82) is 0 Å². The van der Waals surface area contributed by atoms with Gasteiger partial charge in [-0.2, -0.15) is 0 Å². The minimum atomic E-state index is -0.431. The van der Waals surface area contributed by atoms with Gasteiger partial charge in [-0.15, -0.1) is 0 Å². The van der Waals surface area contributed by atoms with Gasteiger partial charge in [0.2, 0.25) is 0 Å². The Labute approximate surface area is 120 Å². The predicted octanol–water partition coefficient (Wildman–Crippen LogP) is 3.64. The highest BCUT2D eigenvalue weighted by Gasteiger charge is 2.07. The van der Waals surface area contributed by atoms with Gasteiger partial charge in [0.05, 0.1) is 6.10 Å². The van der Waals surface area contributed by atoms with Gasteiger partial charge in [0.25, 0.3) is 0 Å². The van der Waals surface area contributed by atoms with Crippen LogP contribution in [0.15, 0.2) is 47.1 Å². The molecule has 0 amide bonds. The standard InChI is InChI=1S/C14H13BrClNO/c15-11-3-6-13(17-9-11)8-14(18)7-10-1-4-12(16)5-2-10/h1-6,9,14,18H,7-8H2. The summed E-state index contributed by atoms with van der Waals surface area (Å²) in [5.41, 5.74) is 1.96. The van der Waals surface area contributed by atoms with Gasteiger partial charge in [0.1, 0.15) is 0 Å². The van der Waals surface area contributed by atoms with Crippen LogP contribution in [0.2, 0.25) is 5.02 Å². The molecule has 2 rings (SSSR count). The van der Waals surface area contributed by atoms with Crippen LogP contribution >= 0.6 is 27.5 Å². The van der Waals surface area contributed by atoms with Crippen molar-refractivity contribution in [3.8, 4) is 0 Å². The molecule has 0 saturated heterocycles. The van der Waals surface area contributed by atoms with Crippen LogP contribution in [-0.2, 0) is 12.8 Å². The molecule has 2 nitrogen and oxygen atoms in total. The maximum atomic E-state index is 10.0. The van der Waals surface area contributed by atoms with Crippen LogP contribution in [-0.4, -0.2) is 16.2 Å². The normalized spacial score (nSPS) is 12.4. The Balaban J connectivity index is 1.94. The Morgan fingerprint density at radius 2 is 1.83 bits per heavy atom. The van der Waals surface area contributed by atoms with E-state index >= 15 is 0 Å². The molecule has 0 radical (unpaired) electrons. The smallest absolute Gasteiger partial charge is 0.0635 e. The van der Waals surface area contributed by atoms with Crippen LogP contribution in [0.25, 0.3) is 0 Å². The van der Waals surface area contributed by atoms with Crippen molar-refractivity contribution in [3.63, 3.8) is 0 Å². The summed E-state index contributed by atoms with van der Waals surface area (Å²) >= 11 is 9.15. The van der Waals surface area contributed by atoms with E-state index in [1.54, 1.807) is 6.20 Å². The molecule has 0 aliphatic rings. The molecule has 1 N–H and O–H groups in total. The summed E-state index contributed by atoms with van der Waals surface area (Å²) in [6.45, 7) is 0. The molecule has 4 heteroatoms. The first-order valence-corrected chi connectivity index (χ1v) is 6.83. The molecule has 1 unspecified atom stereocenters. The number of aromatic nitrogens is 1. The molecule has 18 heavy (non-hydrogen) atoms. The molecule has 0 bridgehead atoms. The van der Waals surface area contributed by atoms with E-state index in [1.807, 2.05) is 36.4 Å². The van der Waals surface area contributed by atoms with E-state index in [-0.39, 0.29) is 0 Å². The summed E-state index contributed by atoms with van der Waals surface area (Å²) in [5, 5.41) is 10.7. The van der Waals surface area contributed by atoms with Crippen molar-refractivity contribution in [2.75, 3.05) is 0 Å². The second-order valence-corrected chi connectivity index (χ2v) is 5.51. The fraction of sp³-hybridized carbons (Fsp3) is 0.214. The van der Waals surface area contributed by atoms with Crippen LogP contribution in [0.5, 0.6) is 0 Å². The van der Waals surface area contributed by atoms with Crippen molar-refractivity contribution in [3.05, 3.63) is 63.3 Å². The summed E-state index contributed by atoms with van der Waals surface area (Å²) in [5.74, 6) is 0. The Hall–Kier alpha value is -0.900. The zero-order chi connectivity index (χ0) is 13.0. The van der Waals surface area contributed by atoms with Gasteiger partial charge in [0, 0.05) is 27.8 Å². The lowest BCUT2D eigenvalue weighted by molar-refractivity contribution is 0.174. The fourth-order valence-corrected chi connectivity index (χ4v) is 2.09. The molecule has 0 aliphatic heterocycles. The summed E-state index contributed by atoms with van der Waals surface area (Å²) in [6, 6.07) is 11.4. The first-order chi connectivity index (χ1) is 8.63. The van der Waals surface area contributed by atoms with Crippen LogP contribution in [0, 0.1) is 0 Å². The van der Waals surface area contributed by atoms with Crippen molar-refractivity contribution in [2.24, 2.45) is 0 Å². The molecule has 94 valence electrons. The van der Waals surface area contributed by atoms with Crippen LogP contribution < -0.4 is 0 Å². The number of hydrogen-bond donors (Lipinski definition) is 1. The number of pyridine rings is 1. The van der Waals surface area contributed by atoms with E-state index in [0.717, 1.165) is 15.7 Å². The van der Waals surface area contributed by atoms with Crippen molar-refractivity contribution < 1.29 is 5.11 Å². The van der Waals surface area contributed by atoms with Crippen molar-refractivity contribution in [2.45, 2.75) is 18.9 Å². The molecule has 1 aromatic heterocycles. The molecule has 0 saturated carbocycles. The molecule has 0 spiro atoms. The maximum absolute atomic E-state index is 10.0. The number of aliphatic hydroxyl groups is 1. The first-order valence-electron chi connectivity index (χ1n) is 5.66. The predicted molar refractivity (Wildman–Crippen MR) is 76.8 cm³/mol. The van der Waals surface area contributed by atoms with Gasteiger partial charge >= 0.3 is 0 Å². The molecule has 1 heterocycles. The maximum Gasteiger partial charge on any atom is 0.0635 e. The zero-order valence-electron chi connectivity index (χ0n) is 9.68. The third-order valence-electron chi connectivity index (χ3n) is 2.62. The van der Waals surface area contributed by atoms with Gasteiger partial charge < -0.3 is 5.11 Å². The van der Waals surface area contributed by atoms with E-state index in [1.165, 1.54) is 0 Å². The summed E-state index contributed by atoms with van der Waals surface area (Å²) in [6.07, 6.45) is 2.47. The number of nitrogens with zero attached hydrogens (tertiary/aromatic N) is 1. The van der Waals surface area contributed by atoms with Gasteiger partial charge in [-0.05, 0) is 52.2 Å². The minimum absolute atomic E-state index is 0.431. The van der Waals surface area contributed by atoms with Crippen LogP contribution in [0.1, 0.15) is 11.3 Å². The average Bonchev–Trinajstić information content (AvgIpc) is 2.35. The van der Waals surface area contributed by atoms with Crippen molar-refractivity contribution in [1.82, 2.24) is 4.98 Å². The third-order valence-corrected chi connectivity index (χ3v) is 3.34. The monoisotopic (exact) mass is 325 g/mol. The third kappa shape index (κ3) is 4.09. The van der Waals surface area contributed by atoms with Crippen LogP contribution in [0.3, 0.4) is 0 Å². The number of hydrogen-bond acceptors (Lipinski definition) is 2. The highest BCUT2D eigenvalue weighted by molar-refractivity contribution is 9.10. The van der Waals surface area contributed by atoms with E-state index in [2.05, 4.69) is 20.9 Å². The molecule has 1 aromatic carbocycles. The Kier molecular flexibility index (Phi) is 4.75. The summed E-state index contributed by atoms with van der Waals surface area (Å²) < 4.78 is 0.943. The number of aliphatic hydroxyl groups excluding tert-OH is 1. The average molecular weight is 327 g/mol. The first kappa shape index (κ1) is 13.5. The molecule has 2 aromatic rings. The lowest BCUT2D eigenvalue weighted by Gasteiger charge is -2.10. The number of halogens is 2. The molecular formula is C14H13BrClNO. The SMILES string of the molecule is OC(Cc1ccc(Cl)cc1)Cc1ccc(Br)cn1. The van der Waals surface area contributed by atoms with Crippen molar-refractivity contribution >= 4 is 27.5 Å².